The lowest BCUT2D eigenvalue weighted by atomic mass is 10.1. The zero-order valence-electron chi connectivity index (χ0n) is 16.5. The van der Waals surface area contributed by atoms with Crippen molar-refractivity contribution in [2.75, 3.05) is 41.3 Å². The van der Waals surface area contributed by atoms with Crippen LogP contribution >= 0.6 is 0 Å². The zero-order valence-corrected chi connectivity index (χ0v) is 16.5. The van der Waals surface area contributed by atoms with Crippen LogP contribution in [0.15, 0.2) is 54.7 Å². The summed E-state index contributed by atoms with van der Waals surface area (Å²) in [6.45, 7) is 8.71. The van der Waals surface area contributed by atoms with Crippen LogP contribution in [-0.2, 0) is 6.54 Å². The van der Waals surface area contributed by atoms with E-state index in [4.69, 9.17) is 0 Å². The number of piperazine rings is 1. The van der Waals surface area contributed by atoms with Gasteiger partial charge in [-0.3, -0.25) is 0 Å². The van der Waals surface area contributed by atoms with E-state index < -0.39 is 0 Å². The molecule has 2 aromatic heterocycles. The first-order valence-corrected chi connectivity index (χ1v) is 9.74. The standard InChI is InChI=1S/C22H26N6/c1-17-6-3-4-8-20(17)27-12-14-28(15-13-27)22-19(7-5-11-23-22)16-24-21-10-9-18(2)25-26-21/h3-11H,12-16H2,1-2H3,(H,24,26). The van der Waals surface area contributed by atoms with Crippen LogP contribution in [0.1, 0.15) is 16.8 Å². The van der Waals surface area contributed by atoms with Gasteiger partial charge in [-0.25, -0.2) is 4.98 Å². The third-order valence-electron chi connectivity index (χ3n) is 5.16. The van der Waals surface area contributed by atoms with Gasteiger partial charge in [-0.05, 0) is 43.7 Å². The van der Waals surface area contributed by atoms with Gasteiger partial charge >= 0.3 is 0 Å². The Hall–Kier alpha value is -3.15. The van der Waals surface area contributed by atoms with Crippen molar-refractivity contribution in [1.29, 1.82) is 0 Å². The Bertz CT molecular complexity index is 916. The number of nitrogens with zero attached hydrogens (tertiary/aromatic N) is 5. The van der Waals surface area contributed by atoms with Crippen LogP contribution in [0.5, 0.6) is 0 Å². The van der Waals surface area contributed by atoms with Crippen LogP contribution in [0.3, 0.4) is 0 Å². The molecule has 0 amide bonds. The lowest BCUT2D eigenvalue weighted by Crippen LogP contribution is -2.47. The van der Waals surface area contributed by atoms with Gasteiger partial charge in [-0.15, -0.1) is 5.10 Å². The minimum absolute atomic E-state index is 0.679. The minimum atomic E-state index is 0.679. The molecule has 1 aromatic carbocycles. The maximum Gasteiger partial charge on any atom is 0.148 e. The summed E-state index contributed by atoms with van der Waals surface area (Å²) < 4.78 is 0. The molecule has 0 unspecified atom stereocenters. The first-order valence-electron chi connectivity index (χ1n) is 9.74. The van der Waals surface area contributed by atoms with Gasteiger partial charge < -0.3 is 15.1 Å². The summed E-state index contributed by atoms with van der Waals surface area (Å²) in [5, 5.41) is 11.6. The molecule has 144 valence electrons. The second kappa shape index (κ2) is 8.25. The first kappa shape index (κ1) is 18.2. The number of benzene rings is 1. The molecule has 1 fully saturated rings. The van der Waals surface area contributed by atoms with Gasteiger partial charge in [0, 0.05) is 50.2 Å². The van der Waals surface area contributed by atoms with Crippen LogP contribution in [0.4, 0.5) is 17.3 Å². The van der Waals surface area contributed by atoms with Gasteiger partial charge in [0.15, 0.2) is 0 Å². The van der Waals surface area contributed by atoms with Crippen LogP contribution in [0, 0.1) is 13.8 Å². The molecule has 1 saturated heterocycles. The largest absolute Gasteiger partial charge is 0.368 e. The smallest absolute Gasteiger partial charge is 0.148 e. The maximum atomic E-state index is 4.68. The highest BCUT2D eigenvalue weighted by atomic mass is 15.3. The van der Waals surface area contributed by atoms with E-state index in [1.165, 1.54) is 16.8 Å². The molecule has 0 atom stereocenters. The van der Waals surface area contributed by atoms with Gasteiger partial charge in [-0.2, -0.15) is 5.10 Å². The summed E-state index contributed by atoms with van der Waals surface area (Å²) in [6.07, 6.45) is 1.87. The summed E-state index contributed by atoms with van der Waals surface area (Å²) in [7, 11) is 0. The number of para-hydroxylation sites is 1. The lowest BCUT2D eigenvalue weighted by molar-refractivity contribution is 0.644. The van der Waals surface area contributed by atoms with E-state index in [2.05, 4.69) is 67.6 Å². The van der Waals surface area contributed by atoms with E-state index in [-0.39, 0.29) is 0 Å². The number of anilines is 3. The maximum absolute atomic E-state index is 4.68. The summed E-state index contributed by atoms with van der Waals surface area (Å²) in [5.74, 6) is 1.84. The number of aryl methyl sites for hydroxylation is 2. The molecular formula is C22H26N6. The van der Waals surface area contributed by atoms with Crippen molar-refractivity contribution in [3.63, 3.8) is 0 Å². The predicted molar refractivity (Wildman–Crippen MR) is 114 cm³/mol. The molecule has 1 N–H and O–H groups in total. The van der Waals surface area contributed by atoms with Gasteiger partial charge in [0.1, 0.15) is 11.6 Å². The predicted octanol–water partition coefficient (Wildman–Crippen LogP) is 3.43. The zero-order chi connectivity index (χ0) is 19.3. The molecule has 1 aliphatic rings. The fraction of sp³-hybridized carbons (Fsp3) is 0.318. The van der Waals surface area contributed by atoms with Crippen molar-refractivity contribution >= 4 is 17.3 Å². The molecule has 0 saturated carbocycles. The molecule has 3 heterocycles. The second-order valence-corrected chi connectivity index (χ2v) is 7.16. The van der Waals surface area contributed by atoms with E-state index in [1.807, 2.05) is 31.3 Å². The van der Waals surface area contributed by atoms with Gasteiger partial charge in [0.2, 0.25) is 0 Å². The van der Waals surface area contributed by atoms with E-state index >= 15 is 0 Å². The SMILES string of the molecule is Cc1ccc(NCc2cccnc2N2CCN(c3ccccc3C)CC2)nn1. The molecule has 1 aliphatic heterocycles. The summed E-state index contributed by atoms with van der Waals surface area (Å²) in [4.78, 5) is 9.52. The highest BCUT2D eigenvalue weighted by Crippen LogP contribution is 2.24. The summed E-state index contributed by atoms with van der Waals surface area (Å²) in [5.41, 5.74) is 4.76. The van der Waals surface area contributed by atoms with Gasteiger partial charge in [0.05, 0.1) is 5.69 Å². The Morgan fingerprint density at radius 3 is 2.39 bits per heavy atom. The Morgan fingerprint density at radius 1 is 0.857 bits per heavy atom. The highest BCUT2D eigenvalue weighted by Gasteiger charge is 2.21. The van der Waals surface area contributed by atoms with Crippen molar-refractivity contribution < 1.29 is 0 Å². The minimum Gasteiger partial charge on any atom is -0.368 e. The van der Waals surface area contributed by atoms with Crippen molar-refractivity contribution in [1.82, 2.24) is 15.2 Å². The summed E-state index contributed by atoms with van der Waals surface area (Å²) in [6, 6.07) is 16.6. The molecule has 6 nitrogen and oxygen atoms in total. The molecule has 0 bridgehead atoms. The topological polar surface area (TPSA) is 57.2 Å². The van der Waals surface area contributed by atoms with Crippen molar-refractivity contribution in [2.24, 2.45) is 0 Å². The normalized spacial score (nSPS) is 14.2. The van der Waals surface area contributed by atoms with Crippen LogP contribution < -0.4 is 15.1 Å². The van der Waals surface area contributed by atoms with Crippen LogP contribution in [0.25, 0.3) is 0 Å². The molecule has 0 spiro atoms. The Balaban J connectivity index is 1.42. The van der Waals surface area contributed by atoms with Crippen molar-refractivity contribution in [3.05, 3.63) is 71.5 Å². The van der Waals surface area contributed by atoms with E-state index in [0.29, 0.717) is 6.54 Å². The van der Waals surface area contributed by atoms with Crippen molar-refractivity contribution in [2.45, 2.75) is 20.4 Å². The molecule has 0 aliphatic carbocycles. The van der Waals surface area contributed by atoms with Crippen LogP contribution in [-0.4, -0.2) is 41.4 Å². The number of aromatic nitrogens is 3. The number of nitrogens with one attached hydrogen (secondary N) is 1. The fourth-order valence-corrected chi connectivity index (χ4v) is 3.61. The Kier molecular flexibility index (Phi) is 5.37. The fourth-order valence-electron chi connectivity index (χ4n) is 3.61. The van der Waals surface area contributed by atoms with Gasteiger partial charge in [0.25, 0.3) is 0 Å². The molecular weight excluding hydrogens is 348 g/mol. The van der Waals surface area contributed by atoms with E-state index in [9.17, 15) is 0 Å². The van der Waals surface area contributed by atoms with E-state index in [0.717, 1.165) is 43.5 Å². The molecule has 6 heteroatoms. The van der Waals surface area contributed by atoms with Crippen LogP contribution in [0.2, 0.25) is 0 Å². The lowest BCUT2D eigenvalue weighted by Gasteiger charge is -2.38. The Morgan fingerprint density at radius 2 is 1.64 bits per heavy atom. The number of hydrogen-bond acceptors (Lipinski definition) is 6. The average Bonchev–Trinajstić information content (AvgIpc) is 2.74. The number of hydrogen-bond donors (Lipinski definition) is 1. The quantitative estimate of drug-likeness (QED) is 0.738. The number of rotatable bonds is 5. The number of pyridine rings is 1. The third-order valence-corrected chi connectivity index (χ3v) is 5.16. The summed E-state index contributed by atoms with van der Waals surface area (Å²) >= 11 is 0. The monoisotopic (exact) mass is 374 g/mol. The highest BCUT2D eigenvalue weighted by molar-refractivity contribution is 5.56. The Labute approximate surface area is 166 Å². The average molecular weight is 374 g/mol. The first-order chi connectivity index (χ1) is 13.7. The molecule has 4 rings (SSSR count). The van der Waals surface area contributed by atoms with Gasteiger partial charge in [-0.1, -0.05) is 24.3 Å². The van der Waals surface area contributed by atoms with E-state index in [1.54, 1.807) is 0 Å². The molecule has 28 heavy (non-hydrogen) atoms. The third kappa shape index (κ3) is 4.06. The molecule has 3 aromatic rings. The second-order valence-electron chi connectivity index (χ2n) is 7.16. The molecule has 0 radical (unpaired) electrons. The van der Waals surface area contributed by atoms with Crippen molar-refractivity contribution in [3.8, 4) is 0 Å².